The van der Waals surface area contributed by atoms with Gasteiger partial charge in [0.1, 0.15) is 5.82 Å². The van der Waals surface area contributed by atoms with Crippen LogP contribution in [0.4, 0.5) is 0 Å². The van der Waals surface area contributed by atoms with Crippen molar-refractivity contribution < 1.29 is 5.11 Å². The first-order valence-electron chi connectivity index (χ1n) is 6.88. The summed E-state index contributed by atoms with van der Waals surface area (Å²) in [5, 5.41) is 13.3. The summed E-state index contributed by atoms with van der Waals surface area (Å²) in [7, 11) is 0. The zero-order chi connectivity index (χ0) is 14.0. The van der Waals surface area contributed by atoms with Gasteiger partial charge in [-0.1, -0.05) is 28.1 Å². The minimum atomic E-state index is -0.486. The van der Waals surface area contributed by atoms with E-state index in [2.05, 4.69) is 37.3 Å². The number of aromatic amines is 1. The van der Waals surface area contributed by atoms with E-state index in [1.54, 1.807) is 0 Å². The number of hydrogen-bond acceptors (Lipinski definition) is 3. The van der Waals surface area contributed by atoms with Gasteiger partial charge in [-0.2, -0.15) is 0 Å². The number of aliphatic hydroxyl groups is 1. The number of H-pyrrole nitrogens is 1. The standard InChI is InChI=1S/C15H18BrN3O/c16-12-4-1-3-11(7-12)13-8-18-14(19-13)9-17-10-15(20)5-2-6-15/h1,3-4,7-8,17,20H,2,5-6,9-10H2,(H,18,19). The lowest BCUT2D eigenvalue weighted by Crippen LogP contribution is -2.46. The Morgan fingerprint density at radius 3 is 2.95 bits per heavy atom. The quantitative estimate of drug-likeness (QED) is 0.787. The molecule has 20 heavy (non-hydrogen) atoms. The second-order valence-electron chi connectivity index (χ2n) is 5.44. The lowest BCUT2D eigenvalue weighted by atomic mass is 9.80. The van der Waals surface area contributed by atoms with Crippen molar-refractivity contribution in [1.29, 1.82) is 0 Å². The SMILES string of the molecule is OC1(CNCc2ncc(-c3cccc(Br)c3)[nH]2)CCC1. The number of imidazole rings is 1. The van der Waals surface area contributed by atoms with Crippen molar-refractivity contribution >= 4 is 15.9 Å². The molecule has 5 heteroatoms. The van der Waals surface area contributed by atoms with Crippen LogP contribution < -0.4 is 5.32 Å². The van der Waals surface area contributed by atoms with Crippen LogP contribution in [-0.4, -0.2) is 27.2 Å². The number of benzene rings is 1. The van der Waals surface area contributed by atoms with Crippen molar-refractivity contribution in [2.24, 2.45) is 0 Å². The molecular weight excluding hydrogens is 318 g/mol. The van der Waals surface area contributed by atoms with Gasteiger partial charge in [0, 0.05) is 16.6 Å². The maximum atomic E-state index is 10.0. The molecule has 0 spiro atoms. The highest BCUT2D eigenvalue weighted by Crippen LogP contribution is 2.30. The predicted octanol–water partition coefficient (Wildman–Crippen LogP) is 2.84. The van der Waals surface area contributed by atoms with Crippen molar-refractivity contribution in [2.45, 2.75) is 31.4 Å². The van der Waals surface area contributed by atoms with Gasteiger partial charge >= 0.3 is 0 Å². The molecule has 0 amide bonds. The molecule has 1 aromatic heterocycles. The van der Waals surface area contributed by atoms with Crippen LogP contribution in [0.3, 0.4) is 0 Å². The van der Waals surface area contributed by atoms with Crippen LogP contribution in [0.5, 0.6) is 0 Å². The maximum absolute atomic E-state index is 10.0. The molecule has 3 N–H and O–H groups in total. The Kier molecular flexibility index (Phi) is 3.92. The predicted molar refractivity (Wildman–Crippen MR) is 82.2 cm³/mol. The molecule has 2 aromatic rings. The van der Waals surface area contributed by atoms with Gasteiger partial charge in [-0.3, -0.25) is 0 Å². The van der Waals surface area contributed by atoms with Gasteiger partial charge in [-0.15, -0.1) is 0 Å². The smallest absolute Gasteiger partial charge is 0.120 e. The lowest BCUT2D eigenvalue weighted by Gasteiger charge is -2.36. The van der Waals surface area contributed by atoms with Gasteiger partial charge in [0.05, 0.1) is 24.0 Å². The van der Waals surface area contributed by atoms with E-state index < -0.39 is 5.60 Å². The normalized spacial score (nSPS) is 16.9. The molecule has 1 saturated carbocycles. The van der Waals surface area contributed by atoms with E-state index in [0.717, 1.165) is 40.8 Å². The summed E-state index contributed by atoms with van der Waals surface area (Å²) in [5.41, 5.74) is 1.63. The molecule has 1 aliphatic rings. The van der Waals surface area contributed by atoms with E-state index in [0.29, 0.717) is 13.1 Å². The third-order valence-electron chi connectivity index (χ3n) is 3.79. The molecule has 4 nitrogen and oxygen atoms in total. The maximum Gasteiger partial charge on any atom is 0.120 e. The molecule has 1 fully saturated rings. The average Bonchev–Trinajstić information content (AvgIpc) is 2.86. The van der Waals surface area contributed by atoms with Crippen molar-refractivity contribution in [1.82, 2.24) is 15.3 Å². The highest BCUT2D eigenvalue weighted by molar-refractivity contribution is 9.10. The third kappa shape index (κ3) is 3.11. The minimum Gasteiger partial charge on any atom is -0.389 e. The molecule has 106 valence electrons. The first kappa shape index (κ1) is 13.8. The molecule has 0 radical (unpaired) electrons. The Labute approximate surface area is 126 Å². The Bertz CT molecular complexity index is 592. The number of nitrogens with zero attached hydrogens (tertiary/aromatic N) is 1. The van der Waals surface area contributed by atoms with Crippen LogP contribution in [0.15, 0.2) is 34.9 Å². The van der Waals surface area contributed by atoms with E-state index in [9.17, 15) is 5.11 Å². The number of hydrogen-bond donors (Lipinski definition) is 3. The molecule has 3 rings (SSSR count). The molecule has 0 bridgehead atoms. The fourth-order valence-corrected chi connectivity index (χ4v) is 2.83. The largest absolute Gasteiger partial charge is 0.389 e. The Hall–Kier alpha value is -1.17. The van der Waals surface area contributed by atoms with Gasteiger partial charge in [0.25, 0.3) is 0 Å². The van der Waals surface area contributed by atoms with Crippen LogP contribution in [0, 0.1) is 0 Å². The molecule has 0 aliphatic heterocycles. The van der Waals surface area contributed by atoms with Crippen molar-refractivity contribution in [3.05, 3.63) is 40.8 Å². The Morgan fingerprint density at radius 1 is 1.40 bits per heavy atom. The summed E-state index contributed by atoms with van der Waals surface area (Å²) in [6, 6.07) is 8.11. The van der Waals surface area contributed by atoms with E-state index in [1.165, 1.54) is 0 Å². The highest BCUT2D eigenvalue weighted by Gasteiger charge is 2.33. The summed E-state index contributed by atoms with van der Waals surface area (Å²) in [5.74, 6) is 0.892. The van der Waals surface area contributed by atoms with Gasteiger partial charge < -0.3 is 15.4 Å². The van der Waals surface area contributed by atoms with Crippen molar-refractivity contribution in [3.63, 3.8) is 0 Å². The molecule has 0 saturated heterocycles. The number of halogens is 1. The average molecular weight is 336 g/mol. The molecule has 1 aromatic carbocycles. The summed E-state index contributed by atoms with van der Waals surface area (Å²) < 4.78 is 1.05. The van der Waals surface area contributed by atoms with Crippen LogP contribution in [0.2, 0.25) is 0 Å². The molecule has 0 atom stereocenters. The number of rotatable bonds is 5. The second kappa shape index (κ2) is 5.68. The Balaban J connectivity index is 1.59. The third-order valence-corrected chi connectivity index (χ3v) is 4.29. The first-order chi connectivity index (χ1) is 9.65. The van der Waals surface area contributed by atoms with E-state index >= 15 is 0 Å². The summed E-state index contributed by atoms with van der Waals surface area (Å²) >= 11 is 3.47. The molecule has 1 aliphatic carbocycles. The van der Waals surface area contributed by atoms with Crippen LogP contribution in [0.25, 0.3) is 11.3 Å². The minimum absolute atomic E-state index is 0.486. The fourth-order valence-electron chi connectivity index (χ4n) is 2.43. The molecule has 1 heterocycles. The fraction of sp³-hybridized carbons (Fsp3) is 0.400. The summed E-state index contributed by atoms with van der Waals surface area (Å²) in [6.45, 7) is 1.29. The Morgan fingerprint density at radius 2 is 2.25 bits per heavy atom. The zero-order valence-corrected chi connectivity index (χ0v) is 12.8. The second-order valence-corrected chi connectivity index (χ2v) is 6.35. The van der Waals surface area contributed by atoms with E-state index in [-0.39, 0.29) is 0 Å². The van der Waals surface area contributed by atoms with Crippen LogP contribution >= 0.6 is 15.9 Å². The van der Waals surface area contributed by atoms with Crippen molar-refractivity contribution in [3.8, 4) is 11.3 Å². The van der Waals surface area contributed by atoms with Gasteiger partial charge in [-0.05, 0) is 31.4 Å². The monoisotopic (exact) mass is 335 g/mol. The topological polar surface area (TPSA) is 60.9 Å². The number of aromatic nitrogens is 2. The molecular formula is C15H18BrN3O. The van der Waals surface area contributed by atoms with Crippen LogP contribution in [-0.2, 0) is 6.54 Å². The van der Waals surface area contributed by atoms with E-state index in [1.807, 2.05) is 24.4 Å². The van der Waals surface area contributed by atoms with Crippen LogP contribution in [0.1, 0.15) is 25.1 Å². The summed E-state index contributed by atoms with van der Waals surface area (Å²) in [6.07, 6.45) is 4.78. The molecule has 0 unspecified atom stereocenters. The van der Waals surface area contributed by atoms with Gasteiger partial charge in [0.15, 0.2) is 0 Å². The highest BCUT2D eigenvalue weighted by atomic mass is 79.9. The van der Waals surface area contributed by atoms with Gasteiger partial charge in [-0.25, -0.2) is 4.98 Å². The van der Waals surface area contributed by atoms with E-state index in [4.69, 9.17) is 0 Å². The summed E-state index contributed by atoms with van der Waals surface area (Å²) in [4.78, 5) is 7.67. The number of nitrogens with one attached hydrogen (secondary N) is 2. The lowest BCUT2D eigenvalue weighted by molar-refractivity contribution is -0.0315. The zero-order valence-electron chi connectivity index (χ0n) is 11.2. The first-order valence-corrected chi connectivity index (χ1v) is 7.67. The van der Waals surface area contributed by atoms with Gasteiger partial charge in [0.2, 0.25) is 0 Å². The van der Waals surface area contributed by atoms with Crippen molar-refractivity contribution in [2.75, 3.05) is 6.54 Å².